The van der Waals surface area contributed by atoms with Crippen LogP contribution in [-0.4, -0.2) is 31.0 Å². The van der Waals surface area contributed by atoms with Gasteiger partial charge in [-0.25, -0.2) is 19.3 Å². The van der Waals surface area contributed by atoms with Crippen LogP contribution in [0, 0.1) is 19.7 Å². The van der Waals surface area contributed by atoms with E-state index in [0.29, 0.717) is 18.6 Å². The van der Waals surface area contributed by atoms with Crippen molar-refractivity contribution in [2.75, 3.05) is 11.9 Å². The van der Waals surface area contributed by atoms with Crippen LogP contribution in [0.3, 0.4) is 0 Å². The molecule has 7 heteroatoms. The number of nitrogens with one attached hydrogen (secondary N) is 2. The maximum atomic E-state index is 14.5. The number of hydrogen-bond donors (Lipinski definition) is 2. The largest absolute Gasteiger partial charge is 0.368 e. The molecule has 0 bridgehead atoms. The number of aromatic amines is 1. The predicted molar refractivity (Wildman–Crippen MR) is 125 cm³/mol. The first-order valence-corrected chi connectivity index (χ1v) is 10.5. The van der Waals surface area contributed by atoms with E-state index in [9.17, 15) is 4.39 Å². The third-order valence-electron chi connectivity index (χ3n) is 5.70. The number of rotatable bonds is 6. The fourth-order valence-electron chi connectivity index (χ4n) is 4.02. The molecule has 0 amide bonds. The summed E-state index contributed by atoms with van der Waals surface area (Å²) in [5, 5.41) is 4.31. The standard InChI is InChI=1S/C25H23FN6/c1-16-3-8-21(26)24-20(16)13-17(2)32(24)12-11-27-23-14-22(30-15-31-23)18-4-6-19(7-5-18)25-28-9-10-29-25/h3-10,13-15H,11-12H2,1-2H3,(H,28,29)(H,27,30,31). The molecule has 0 atom stereocenters. The molecule has 5 rings (SSSR count). The monoisotopic (exact) mass is 426 g/mol. The van der Waals surface area contributed by atoms with Crippen molar-refractivity contribution in [1.82, 2.24) is 24.5 Å². The average molecular weight is 426 g/mol. The van der Waals surface area contributed by atoms with E-state index in [1.165, 1.54) is 6.07 Å². The number of aromatic nitrogens is 5. The van der Waals surface area contributed by atoms with Crippen LogP contribution in [0.1, 0.15) is 11.3 Å². The number of H-pyrrole nitrogens is 1. The molecule has 0 saturated carbocycles. The van der Waals surface area contributed by atoms with E-state index < -0.39 is 0 Å². The number of anilines is 1. The van der Waals surface area contributed by atoms with Crippen LogP contribution in [0.5, 0.6) is 0 Å². The van der Waals surface area contributed by atoms with Crippen LogP contribution in [0.2, 0.25) is 0 Å². The van der Waals surface area contributed by atoms with Crippen molar-refractivity contribution in [2.24, 2.45) is 0 Å². The van der Waals surface area contributed by atoms with Gasteiger partial charge in [-0.1, -0.05) is 30.3 Å². The predicted octanol–water partition coefficient (Wildman–Crippen LogP) is 5.36. The highest BCUT2D eigenvalue weighted by atomic mass is 19.1. The van der Waals surface area contributed by atoms with Gasteiger partial charge in [-0.15, -0.1) is 0 Å². The van der Waals surface area contributed by atoms with Gasteiger partial charge in [0.15, 0.2) is 0 Å². The molecule has 3 heterocycles. The Labute approximate surface area is 185 Å². The summed E-state index contributed by atoms with van der Waals surface area (Å²) in [4.78, 5) is 16.1. The first-order chi connectivity index (χ1) is 15.6. The van der Waals surface area contributed by atoms with Crippen molar-refractivity contribution in [2.45, 2.75) is 20.4 Å². The fourth-order valence-corrected chi connectivity index (χ4v) is 4.02. The Balaban J connectivity index is 1.31. The van der Waals surface area contributed by atoms with Crippen LogP contribution in [-0.2, 0) is 6.54 Å². The molecule has 2 N–H and O–H groups in total. The number of fused-ring (bicyclic) bond motifs is 1. The lowest BCUT2D eigenvalue weighted by Gasteiger charge is -2.11. The molecular formula is C25H23FN6. The number of halogens is 1. The SMILES string of the molecule is Cc1ccc(F)c2c1cc(C)n2CCNc1cc(-c2ccc(-c3ncc[nH]3)cc2)ncn1. The van der Waals surface area contributed by atoms with Crippen molar-refractivity contribution < 1.29 is 4.39 Å². The van der Waals surface area contributed by atoms with Gasteiger partial charge < -0.3 is 14.9 Å². The minimum Gasteiger partial charge on any atom is -0.368 e. The zero-order chi connectivity index (χ0) is 22.1. The molecule has 0 radical (unpaired) electrons. The highest BCUT2D eigenvalue weighted by molar-refractivity contribution is 5.85. The quantitative estimate of drug-likeness (QED) is 0.384. The summed E-state index contributed by atoms with van der Waals surface area (Å²) in [6.45, 7) is 5.26. The topological polar surface area (TPSA) is 71.4 Å². The van der Waals surface area contributed by atoms with Gasteiger partial charge in [0.25, 0.3) is 0 Å². The smallest absolute Gasteiger partial charge is 0.147 e. The van der Waals surface area contributed by atoms with E-state index in [4.69, 9.17) is 0 Å². The summed E-state index contributed by atoms with van der Waals surface area (Å²) in [6.07, 6.45) is 5.09. The van der Waals surface area contributed by atoms with Crippen molar-refractivity contribution in [3.05, 3.63) is 84.3 Å². The molecule has 6 nitrogen and oxygen atoms in total. The van der Waals surface area contributed by atoms with Gasteiger partial charge in [-0.05, 0) is 31.5 Å². The lowest BCUT2D eigenvalue weighted by atomic mass is 10.1. The summed E-state index contributed by atoms with van der Waals surface area (Å²) < 4.78 is 16.5. The highest BCUT2D eigenvalue weighted by Gasteiger charge is 2.12. The molecule has 0 spiro atoms. The first kappa shape index (κ1) is 19.9. The number of hydrogen-bond acceptors (Lipinski definition) is 4. The molecule has 0 saturated heterocycles. The summed E-state index contributed by atoms with van der Waals surface area (Å²) in [6, 6.07) is 15.4. The molecule has 2 aromatic carbocycles. The second-order valence-electron chi connectivity index (χ2n) is 7.79. The van der Waals surface area contributed by atoms with Gasteiger partial charge in [-0.2, -0.15) is 0 Å². The Morgan fingerprint density at radius 2 is 1.78 bits per heavy atom. The van der Waals surface area contributed by atoms with Crippen LogP contribution in [0.25, 0.3) is 33.5 Å². The number of nitrogens with zero attached hydrogens (tertiary/aromatic N) is 4. The minimum absolute atomic E-state index is 0.194. The average Bonchev–Trinajstić information content (AvgIpc) is 3.46. The van der Waals surface area contributed by atoms with Crippen molar-refractivity contribution >= 4 is 16.7 Å². The molecule has 3 aromatic heterocycles. The van der Waals surface area contributed by atoms with E-state index >= 15 is 0 Å². The lowest BCUT2D eigenvalue weighted by Crippen LogP contribution is -2.13. The molecule has 0 aliphatic carbocycles. The third-order valence-corrected chi connectivity index (χ3v) is 5.70. The molecule has 32 heavy (non-hydrogen) atoms. The van der Waals surface area contributed by atoms with Gasteiger partial charge in [0.05, 0.1) is 11.2 Å². The molecular weight excluding hydrogens is 403 g/mol. The molecule has 0 aliphatic heterocycles. The van der Waals surface area contributed by atoms with Crippen LogP contribution >= 0.6 is 0 Å². The van der Waals surface area contributed by atoms with E-state index in [2.05, 4.69) is 25.3 Å². The number of benzene rings is 2. The molecule has 0 aliphatic rings. The van der Waals surface area contributed by atoms with E-state index in [1.807, 2.05) is 60.9 Å². The summed E-state index contributed by atoms with van der Waals surface area (Å²) in [7, 11) is 0. The normalized spacial score (nSPS) is 11.2. The second kappa shape index (κ2) is 8.26. The number of aryl methyl sites for hydroxylation is 2. The highest BCUT2D eigenvalue weighted by Crippen LogP contribution is 2.26. The lowest BCUT2D eigenvalue weighted by molar-refractivity contribution is 0.621. The second-order valence-corrected chi connectivity index (χ2v) is 7.79. The van der Waals surface area contributed by atoms with Gasteiger partial charge in [0, 0.05) is 53.8 Å². The van der Waals surface area contributed by atoms with Gasteiger partial charge in [0.2, 0.25) is 0 Å². The van der Waals surface area contributed by atoms with E-state index in [1.54, 1.807) is 18.7 Å². The zero-order valence-electron chi connectivity index (χ0n) is 17.9. The Hall–Kier alpha value is -4.00. The third kappa shape index (κ3) is 3.73. The van der Waals surface area contributed by atoms with Gasteiger partial charge >= 0.3 is 0 Å². The Morgan fingerprint density at radius 3 is 2.56 bits per heavy atom. The van der Waals surface area contributed by atoms with E-state index in [-0.39, 0.29) is 5.82 Å². The van der Waals surface area contributed by atoms with Gasteiger partial charge in [-0.3, -0.25) is 0 Å². The maximum Gasteiger partial charge on any atom is 0.147 e. The first-order valence-electron chi connectivity index (χ1n) is 10.5. The zero-order valence-corrected chi connectivity index (χ0v) is 17.9. The van der Waals surface area contributed by atoms with Crippen molar-refractivity contribution in [1.29, 1.82) is 0 Å². The molecule has 0 fully saturated rings. The number of imidazole rings is 1. The van der Waals surface area contributed by atoms with Crippen LogP contribution in [0.15, 0.2) is 67.3 Å². The maximum absolute atomic E-state index is 14.5. The van der Waals surface area contributed by atoms with Crippen LogP contribution in [0.4, 0.5) is 10.2 Å². The Bertz CT molecular complexity index is 1370. The minimum atomic E-state index is -0.194. The Kier molecular flexibility index (Phi) is 5.15. The Morgan fingerprint density at radius 1 is 0.969 bits per heavy atom. The molecule has 5 aromatic rings. The van der Waals surface area contributed by atoms with E-state index in [0.717, 1.165) is 45.1 Å². The summed E-state index contributed by atoms with van der Waals surface area (Å²) in [5.41, 5.74) is 5.62. The van der Waals surface area contributed by atoms with Crippen molar-refractivity contribution in [3.8, 4) is 22.6 Å². The van der Waals surface area contributed by atoms with Crippen molar-refractivity contribution in [3.63, 3.8) is 0 Å². The molecule has 160 valence electrons. The van der Waals surface area contributed by atoms with Crippen LogP contribution < -0.4 is 5.32 Å². The van der Waals surface area contributed by atoms with Gasteiger partial charge in [0.1, 0.15) is 23.8 Å². The fraction of sp³-hybridized carbons (Fsp3) is 0.160. The summed E-state index contributed by atoms with van der Waals surface area (Å²) >= 11 is 0. The molecule has 0 unspecified atom stereocenters. The summed E-state index contributed by atoms with van der Waals surface area (Å²) in [5.74, 6) is 1.37.